The largest absolute Gasteiger partial charge is 0.322 e. The van der Waals surface area contributed by atoms with Gasteiger partial charge in [0, 0.05) is 16.1 Å². The Morgan fingerprint density at radius 1 is 1.00 bits per heavy atom. The Kier molecular flexibility index (Phi) is 6.53. The molecule has 1 heterocycles. The highest BCUT2D eigenvalue weighted by Crippen LogP contribution is 2.29. The molecule has 162 valence electrons. The molecule has 0 fully saturated rings. The van der Waals surface area contributed by atoms with Crippen LogP contribution in [0.5, 0.6) is 0 Å². The van der Waals surface area contributed by atoms with Crippen molar-refractivity contribution in [2.75, 3.05) is 10.6 Å². The van der Waals surface area contributed by atoms with Crippen LogP contribution in [0.4, 0.5) is 15.2 Å². The van der Waals surface area contributed by atoms with Gasteiger partial charge in [0.2, 0.25) is 5.91 Å². The normalized spacial score (nSPS) is 11.8. The Labute approximate surface area is 193 Å². The number of aromatic nitrogens is 1. The van der Waals surface area contributed by atoms with E-state index in [0.29, 0.717) is 16.4 Å². The fraction of sp³-hybridized carbons (Fsp3) is 0.125. The van der Waals surface area contributed by atoms with Crippen LogP contribution in [0, 0.1) is 12.7 Å². The molecule has 0 saturated carbocycles. The fourth-order valence-corrected chi connectivity index (χ4v) is 4.81. The summed E-state index contributed by atoms with van der Waals surface area (Å²) in [6.45, 7) is 3.86. The van der Waals surface area contributed by atoms with Crippen molar-refractivity contribution in [1.82, 2.24) is 4.98 Å². The van der Waals surface area contributed by atoms with Crippen molar-refractivity contribution in [1.29, 1.82) is 0 Å². The molecule has 2 N–H and O–H groups in total. The van der Waals surface area contributed by atoms with Crippen LogP contribution in [-0.2, 0) is 4.79 Å². The predicted molar refractivity (Wildman–Crippen MR) is 129 cm³/mol. The van der Waals surface area contributed by atoms with Gasteiger partial charge in [-0.05, 0) is 80.1 Å². The molecule has 0 bridgehead atoms. The number of hydrogen-bond acceptors (Lipinski definition) is 5. The maximum atomic E-state index is 13.0. The summed E-state index contributed by atoms with van der Waals surface area (Å²) in [5, 5.41) is 5.92. The standard InChI is InChI=1S/C24H20FN3O2S2/c1-14-3-12-20-21(13-14)32-24(27-20)28-22(29)15(2)31-19-10-8-18(9-11-19)26-23(30)16-4-6-17(25)7-5-16/h3-13,15H,1-2H3,(H,26,30)(H,27,28,29). The van der Waals surface area contributed by atoms with Gasteiger partial charge in [-0.1, -0.05) is 17.4 Å². The molecule has 2 amide bonds. The molecule has 0 aliphatic rings. The summed E-state index contributed by atoms with van der Waals surface area (Å²) in [5.74, 6) is -0.831. The van der Waals surface area contributed by atoms with E-state index in [1.807, 2.05) is 38.1 Å². The summed E-state index contributed by atoms with van der Waals surface area (Å²) in [4.78, 5) is 30.2. The van der Waals surface area contributed by atoms with E-state index >= 15 is 0 Å². The Hall–Kier alpha value is -3.23. The summed E-state index contributed by atoms with van der Waals surface area (Å²) < 4.78 is 14.0. The summed E-state index contributed by atoms with van der Waals surface area (Å²) in [5.41, 5.74) is 3.01. The quantitative estimate of drug-likeness (QED) is 0.337. The molecule has 0 radical (unpaired) electrons. The van der Waals surface area contributed by atoms with Crippen molar-refractivity contribution in [2.24, 2.45) is 0 Å². The minimum absolute atomic E-state index is 0.125. The Morgan fingerprint density at radius 3 is 2.44 bits per heavy atom. The van der Waals surface area contributed by atoms with Crippen LogP contribution in [-0.4, -0.2) is 22.0 Å². The molecule has 5 nitrogen and oxygen atoms in total. The van der Waals surface area contributed by atoms with Crippen molar-refractivity contribution < 1.29 is 14.0 Å². The molecule has 3 aromatic carbocycles. The van der Waals surface area contributed by atoms with Gasteiger partial charge >= 0.3 is 0 Å². The monoisotopic (exact) mass is 465 g/mol. The van der Waals surface area contributed by atoms with E-state index in [2.05, 4.69) is 21.7 Å². The van der Waals surface area contributed by atoms with E-state index in [1.54, 1.807) is 12.1 Å². The lowest BCUT2D eigenvalue weighted by Gasteiger charge is -2.11. The third-order valence-electron chi connectivity index (χ3n) is 4.67. The zero-order valence-corrected chi connectivity index (χ0v) is 19.0. The number of carbonyl (C=O) groups excluding carboxylic acids is 2. The molecule has 8 heteroatoms. The predicted octanol–water partition coefficient (Wildman–Crippen LogP) is 6.12. The van der Waals surface area contributed by atoms with Crippen LogP contribution in [0.15, 0.2) is 71.6 Å². The van der Waals surface area contributed by atoms with E-state index in [-0.39, 0.29) is 22.9 Å². The van der Waals surface area contributed by atoms with Crippen LogP contribution in [0.25, 0.3) is 10.2 Å². The first-order chi connectivity index (χ1) is 15.4. The third kappa shape index (κ3) is 5.33. The molecule has 1 aromatic heterocycles. The van der Waals surface area contributed by atoms with Gasteiger partial charge in [-0.15, -0.1) is 11.8 Å². The summed E-state index contributed by atoms with van der Waals surface area (Å²) >= 11 is 2.87. The van der Waals surface area contributed by atoms with Crippen LogP contribution in [0.3, 0.4) is 0 Å². The number of amides is 2. The second-order valence-corrected chi connectivity index (χ2v) is 9.67. The lowest BCUT2D eigenvalue weighted by Crippen LogP contribution is -2.22. The molecule has 4 rings (SSSR count). The third-order valence-corrected chi connectivity index (χ3v) is 6.72. The van der Waals surface area contributed by atoms with Crippen molar-refractivity contribution in [3.8, 4) is 0 Å². The van der Waals surface area contributed by atoms with Gasteiger partial charge in [0.15, 0.2) is 5.13 Å². The van der Waals surface area contributed by atoms with Gasteiger partial charge in [0.05, 0.1) is 15.5 Å². The number of benzene rings is 3. The second-order valence-electron chi connectivity index (χ2n) is 7.22. The van der Waals surface area contributed by atoms with Crippen LogP contribution in [0.1, 0.15) is 22.8 Å². The van der Waals surface area contributed by atoms with Gasteiger partial charge in [0.25, 0.3) is 5.91 Å². The van der Waals surface area contributed by atoms with Gasteiger partial charge in [0.1, 0.15) is 5.82 Å². The van der Waals surface area contributed by atoms with Gasteiger partial charge in [-0.3, -0.25) is 9.59 Å². The number of thioether (sulfide) groups is 1. The first kappa shape index (κ1) is 22.0. The lowest BCUT2D eigenvalue weighted by atomic mass is 10.2. The number of nitrogens with zero attached hydrogens (tertiary/aromatic N) is 1. The van der Waals surface area contributed by atoms with E-state index < -0.39 is 0 Å². The summed E-state index contributed by atoms with van der Waals surface area (Å²) in [7, 11) is 0. The Bertz CT molecular complexity index is 1270. The molecule has 0 aliphatic heterocycles. The maximum Gasteiger partial charge on any atom is 0.255 e. The Morgan fingerprint density at radius 2 is 1.72 bits per heavy atom. The number of nitrogens with one attached hydrogen (secondary N) is 2. The molecule has 0 saturated heterocycles. The molecule has 4 aromatic rings. The number of halogens is 1. The summed E-state index contributed by atoms with van der Waals surface area (Å²) in [6.07, 6.45) is 0. The number of hydrogen-bond donors (Lipinski definition) is 2. The number of fused-ring (bicyclic) bond motifs is 1. The fourth-order valence-electron chi connectivity index (χ4n) is 2.97. The van der Waals surface area contributed by atoms with E-state index in [1.165, 1.54) is 47.4 Å². The molecular weight excluding hydrogens is 445 g/mol. The van der Waals surface area contributed by atoms with Crippen LogP contribution < -0.4 is 10.6 Å². The molecule has 32 heavy (non-hydrogen) atoms. The van der Waals surface area contributed by atoms with Crippen molar-refractivity contribution in [2.45, 2.75) is 24.0 Å². The molecule has 1 unspecified atom stereocenters. The van der Waals surface area contributed by atoms with Crippen LogP contribution in [0.2, 0.25) is 0 Å². The Balaban J connectivity index is 1.34. The average Bonchev–Trinajstić information content (AvgIpc) is 3.16. The SMILES string of the molecule is Cc1ccc2nc(NC(=O)C(C)Sc3ccc(NC(=O)c4ccc(F)cc4)cc3)sc2c1. The average molecular weight is 466 g/mol. The van der Waals surface area contributed by atoms with E-state index in [9.17, 15) is 14.0 Å². The van der Waals surface area contributed by atoms with Crippen LogP contribution >= 0.6 is 23.1 Å². The van der Waals surface area contributed by atoms with E-state index in [0.717, 1.165) is 20.7 Å². The van der Waals surface area contributed by atoms with Gasteiger partial charge < -0.3 is 10.6 Å². The van der Waals surface area contributed by atoms with Gasteiger partial charge in [-0.25, -0.2) is 9.37 Å². The topological polar surface area (TPSA) is 71.1 Å². The lowest BCUT2D eigenvalue weighted by molar-refractivity contribution is -0.115. The van der Waals surface area contributed by atoms with Gasteiger partial charge in [-0.2, -0.15) is 0 Å². The number of aryl methyl sites for hydroxylation is 1. The molecule has 0 spiro atoms. The smallest absolute Gasteiger partial charge is 0.255 e. The highest BCUT2D eigenvalue weighted by atomic mass is 32.2. The molecular formula is C24H20FN3O2S2. The van der Waals surface area contributed by atoms with E-state index in [4.69, 9.17) is 0 Å². The first-order valence-corrected chi connectivity index (χ1v) is 11.6. The maximum absolute atomic E-state index is 13.0. The zero-order valence-electron chi connectivity index (χ0n) is 17.4. The number of anilines is 2. The number of rotatable bonds is 6. The molecule has 0 aliphatic carbocycles. The summed E-state index contributed by atoms with van der Waals surface area (Å²) in [6, 6.07) is 18.6. The highest BCUT2D eigenvalue weighted by molar-refractivity contribution is 8.00. The van der Waals surface area contributed by atoms with Crippen molar-refractivity contribution in [3.05, 3.63) is 83.7 Å². The highest BCUT2D eigenvalue weighted by Gasteiger charge is 2.17. The second kappa shape index (κ2) is 9.50. The molecule has 1 atom stereocenters. The zero-order chi connectivity index (χ0) is 22.7. The minimum atomic E-state index is -0.390. The first-order valence-electron chi connectivity index (χ1n) is 9.89. The number of thiazole rings is 1. The van der Waals surface area contributed by atoms with Crippen molar-refractivity contribution in [3.63, 3.8) is 0 Å². The van der Waals surface area contributed by atoms with Crippen molar-refractivity contribution >= 4 is 55.9 Å². The number of carbonyl (C=O) groups is 2. The minimum Gasteiger partial charge on any atom is -0.322 e.